The second-order valence-corrected chi connectivity index (χ2v) is 12.0. The van der Waals surface area contributed by atoms with Gasteiger partial charge in [0.25, 0.3) is 0 Å². The average Bonchev–Trinajstić information content (AvgIpc) is 3.89. The number of rotatable bonds is 6. The molecule has 0 unspecified atom stereocenters. The van der Waals surface area contributed by atoms with E-state index >= 15 is 0 Å². The van der Waals surface area contributed by atoms with Gasteiger partial charge in [0, 0.05) is 44.2 Å². The number of furan rings is 1. The number of H-pyrrole nitrogens is 2. The first-order chi connectivity index (χ1) is 24.1. The summed E-state index contributed by atoms with van der Waals surface area (Å²) in [4.78, 5) is 17.2. The Kier molecular flexibility index (Phi) is 6.62. The maximum Gasteiger partial charge on any atom is 0.138 e. The number of aromatic nitrogens is 4. The van der Waals surface area contributed by atoms with Gasteiger partial charge in [-0.3, -0.25) is 0 Å². The fraction of sp³-hybridized carbons (Fsp3) is 0. The molecule has 0 spiro atoms. The molecule has 0 aliphatic heterocycles. The van der Waals surface area contributed by atoms with Gasteiger partial charge < -0.3 is 24.6 Å². The van der Waals surface area contributed by atoms with Gasteiger partial charge in [0.1, 0.15) is 34.3 Å². The quantitative estimate of drug-likeness (QED) is 0.145. The molecule has 0 saturated carbocycles. The van der Waals surface area contributed by atoms with E-state index in [1.165, 1.54) is 0 Å². The Labute approximate surface area is 280 Å². The smallest absolute Gasteiger partial charge is 0.138 e. The summed E-state index contributed by atoms with van der Waals surface area (Å²) in [5, 5.41) is 21.7. The lowest BCUT2D eigenvalue weighted by molar-refractivity contribution is 0.475. The number of nitrogens with one attached hydrogen (secondary N) is 2. The largest absolute Gasteiger partial charge is 0.508 e. The average molecular weight is 637 g/mol. The number of benzene rings is 6. The van der Waals surface area contributed by atoms with Gasteiger partial charge >= 0.3 is 0 Å². The molecule has 7 heteroatoms. The van der Waals surface area contributed by atoms with E-state index in [1.54, 1.807) is 24.3 Å². The first-order valence-corrected chi connectivity index (χ1v) is 15.9. The van der Waals surface area contributed by atoms with Gasteiger partial charge in [0.05, 0.1) is 22.8 Å². The highest BCUT2D eigenvalue weighted by atomic mass is 16.3. The van der Waals surface area contributed by atoms with Gasteiger partial charge in [-0.25, -0.2) is 9.97 Å². The van der Waals surface area contributed by atoms with E-state index in [0.717, 1.165) is 78.1 Å². The zero-order chi connectivity index (χ0) is 32.9. The highest BCUT2D eigenvalue weighted by Crippen LogP contribution is 2.40. The molecule has 3 aromatic heterocycles. The molecule has 7 nitrogen and oxygen atoms in total. The van der Waals surface area contributed by atoms with Crippen molar-refractivity contribution < 1.29 is 14.6 Å². The molecule has 3 heterocycles. The molecule has 9 aromatic rings. The van der Waals surface area contributed by atoms with Crippen molar-refractivity contribution in [2.45, 2.75) is 0 Å². The molecule has 0 saturated heterocycles. The standard InChI is InChI=1S/C42H28N4O3/c47-31-17-11-27(12-18-31)41-43-37(25-7-3-1-4-8-25)39(45-41)29-15-21-35-33(23-29)34-24-30(16-22-36(34)49-35)40-38(26-9-5-2-6-10-26)44-42(46-40)28-13-19-32(48)20-14-28/h1-24,47-48H,(H,43,45)(H,44,46). The molecule has 4 N–H and O–H groups in total. The van der Waals surface area contributed by atoms with Crippen LogP contribution in [0.4, 0.5) is 0 Å². The Balaban J connectivity index is 1.20. The number of imidazole rings is 2. The molecule has 0 bridgehead atoms. The SMILES string of the molecule is Oc1ccc(-c2nc(-c3ccccc3)c(-c3ccc4oc5ccc(-c6[nH]c(-c7ccc(O)cc7)nc6-c6ccccc6)cc5c4c3)[nH]2)cc1. The Morgan fingerprint density at radius 2 is 0.796 bits per heavy atom. The van der Waals surface area contributed by atoms with Crippen molar-refractivity contribution in [1.82, 2.24) is 19.9 Å². The maximum atomic E-state index is 9.86. The number of nitrogens with zero attached hydrogens (tertiary/aromatic N) is 2. The van der Waals surface area contributed by atoms with Crippen molar-refractivity contribution >= 4 is 21.9 Å². The van der Waals surface area contributed by atoms with Crippen LogP contribution in [-0.2, 0) is 0 Å². The molecule has 9 rings (SSSR count). The summed E-state index contributed by atoms with van der Waals surface area (Å²) in [6.45, 7) is 0. The summed E-state index contributed by atoms with van der Waals surface area (Å²) < 4.78 is 6.34. The lowest BCUT2D eigenvalue weighted by Gasteiger charge is -2.05. The Bertz CT molecular complexity index is 2420. The van der Waals surface area contributed by atoms with E-state index < -0.39 is 0 Å². The molecule has 49 heavy (non-hydrogen) atoms. The number of hydrogen-bond donors (Lipinski definition) is 4. The number of aromatic hydroxyl groups is 2. The van der Waals surface area contributed by atoms with Crippen molar-refractivity contribution in [3.63, 3.8) is 0 Å². The monoisotopic (exact) mass is 636 g/mol. The minimum absolute atomic E-state index is 0.207. The zero-order valence-corrected chi connectivity index (χ0v) is 26.1. The maximum absolute atomic E-state index is 9.86. The summed E-state index contributed by atoms with van der Waals surface area (Å²) in [7, 11) is 0. The van der Waals surface area contributed by atoms with Crippen LogP contribution in [0.25, 0.3) is 89.7 Å². The minimum atomic E-state index is 0.207. The van der Waals surface area contributed by atoms with E-state index in [4.69, 9.17) is 14.4 Å². The summed E-state index contributed by atoms with van der Waals surface area (Å²) in [5.74, 6) is 1.84. The van der Waals surface area contributed by atoms with Crippen molar-refractivity contribution in [1.29, 1.82) is 0 Å². The molecule has 0 radical (unpaired) electrons. The second kappa shape index (κ2) is 11.4. The van der Waals surface area contributed by atoms with Crippen molar-refractivity contribution in [2.24, 2.45) is 0 Å². The summed E-state index contributed by atoms with van der Waals surface area (Å²) in [6, 6.07) is 46.7. The summed E-state index contributed by atoms with van der Waals surface area (Å²) >= 11 is 0. The highest BCUT2D eigenvalue weighted by molar-refractivity contribution is 6.08. The zero-order valence-electron chi connectivity index (χ0n) is 26.1. The van der Waals surface area contributed by atoms with Gasteiger partial charge in [-0.2, -0.15) is 0 Å². The van der Waals surface area contributed by atoms with Crippen molar-refractivity contribution in [3.05, 3.63) is 146 Å². The van der Waals surface area contributed by atoms with Crippen LogP contribution >= 0.6 is 0 Å². The van der Waals surface area contributed by atoms with Crippen LogP contribution in [0.3, 0.4) is 0 Å². The molecule has 234 valence electrons. The fourth-order valence-corrected chi connectivity index (χ4v) is 6.37. The van der Waals surface area contributed by atoms with E-state index in [2.05, 4.69) is 58.5 Å². The van der Waals surface area contributed by atoms with Gasteiger partial charge in [-0.15, -0.1) is 0 Å². The molecule has 0 fully saturated rings. The molecule has 0 aliphatic rings. The number of fused-ring (bicyclic) bond motifs is 3. The number of phenols is 2. The molecular weight excluding hydrogens is 608 g/mol. The second-order valence-electron chi connectivity index (χ2n) is 12.0. The predicted molar refractivity (Wildman–Crippen MR) is 194 cm³/mol. The van der Waals surface area contributed by atoms with Crippen LogP contribution in [-0.4, -0.2) is 30.1 Å². The van der Waals surface area contributed by atoms with E-state index in [0.29, 0.717) is 11.6 Å². The molecule has 0 aliphatic carbocycles. The topological polar surface area (TPSA) is 111 Å². The lowest BCUT2D eigenvalue weighted by atomic mass is 10.0. The third kappa shape index (κ3) is 5.10. The normalized spacial score (nSPS) is 11.4. The molecule has 0 amide bonds. The molecular formula is C42H28N4O3. The van der Waals surface area contributed by atoms with Crippen LogP contribution in [0.2, 0.25) is 0 Å². The van der Waals surface area contributed by atoms with Gasteiger partial charge in [-0.05, 0) is 84.9 Å². The van der Waals surface area contributed by atoms with E-state index in [-0.39, 0.29) is 11.5 Å². The number of aromatic amines is 2. The molecule has 0 atom stereocenters. The Morgan fingerprint density at radius 1 is 0.408 bits per heavy atom. The predicted octanol–water partition coefficient (Wildman–Crippen LogP) is 10.4. The van der Waals surface area contributed by atoms with Crippen molar-refractivity contribution in [2.75, 3.05) is 0 Å². The van der Waals surface area contributed by atoms with E-state index in [1.807, 2.05) is 72.8 Å². The van der Waals surface area contributed by atoms with Crippen LogP contribution in [0.15, 0.2) is 150 Å². The van der Waals surface area contributed by atoms with Crippen LogP contribution in [0.5, 0.6) is 11.5 Å². The third-order valence-electron chi connectivity index (χ3n) is 8.83. The fourth-order valence-electron chi connectivity index (χ4n) is 6.37. The summed E-state index contributed by atoms with van der Waals surface area (Å²) in [5.41, 5.74) is 10.7. The van der Waals surface area contributed by atoms with Gasteiger partial charge in [0.2, 0.25) is 0 Å². The van der Waals surface area contributed by atoms with Crippen LogP contribution in [0, 0.1) is 0 Å². The van der Waals surface area contributed by atoms with E-state index in [9.17, 15) is 10.2 Å². The molecule has 6 aromatic carbocycles. The Morgan fingerprint density at radius 3 is 1.20 bits per heavy atom. The van der Waals surface area contributed by atoms with Crippen molar-refractivity contribution in [3.8, 4) is 79.3 Å². The first-order valence-electron chi connectivity index (χ1n) is 15.9. The summed E-state index contributed by atoms with van der Waals surface area (Å²) in [6.07, 6.45) is 0. The van der Waals surface area contributed by atoms with Gasteiger partial charge in [-0.1, -0.05) is 60.7 Å². The van der Waals surface area contributed by atoms with Gasteiger partial charge in [0.15, 0.2) is 0 Å². The van der Waals surface area contributed by atoms with Crippen LogP contribution in [0.1, 0.15) is 0 Å². The lowest BCUT2D eigenvalue weighted by Crippen LogP contribution is -1.85. The third-order valence-corrected chi connectivity index (χ3v) is 8.83. The van der Waals surface area contributed by atoms with Crippen LogP contribution < -0.4 is 0 Å². The number of hydrogen-bond acceptors (Lipinski definition) is 5. The minimum Gasteiger partial charge on any atom is -0.508 e. The number of phenolic OH excluding ortho intramolecular Hbond substituents is 2. The first kappa shape index (κ1) is 28.4. The highest BCUT2D eigenvalue weighted by Gasteiger charge is 2.20. The Hall–Kier alpha value is -6.86.